The monoisotopic (exact) mass is 685 g/mol. The minimum atomic E-state index is -4.74. The third-order valence-electron chi connectivity index (χ3n) is 5.59. The van der Waals surface area contributed by atoms with Gasteiger partial charge in [-0.1, -0.05) is 19.1 Å². The molecule has 1 saturated heterocycles. The van der Waals surface area contributed by atoms with Crippen LogP contribution in [0.4, 0.5) is 13.2 Å². The van der Waals surface area contributed by atoms with Gasteiger partial charge in [-0.25, -0.2) is 13.1 Å². The summed E-state index contributed by atoms with van der Waals surface area (Å²) >= 11 is 2.10. The van der Waals surface area contributed by atoms with Crippen molar-refractivity contribution in [2.75, 3.05) is 13.2 Å². The molecule has 0 spiro atoms. The number of carbonyl (C=O) groups excluding carboxylic acids is 1. The van der Waals surface area contributed by atoms with Crippen molar-refractivity contribution in [3.63, 3.8) is 0 Å². The number of esters is 1. The van der Waals surface area contributed by atoms with Gasteiger partial charge in [0.05, 0.1) is 17.1 Å². The third kappa shape index (κ3) is 8.38. The van der Waals surface area contributed by atoms with Crippen LogP contribution in [0.5, 0.6) is 5.75 Å². The minimum absolute atomic E-state index is 0.0112. The molecule has 1 fully saturated rings. The highest BCUT2D eigenvalue weighted by atomic mass is 127. The van der Waals surface area contributed by atoms with Crippen LogP contribution in [0.3, 0.4) is 0 Å². The van der Waals surface area contributed by atoms with E-state index in [1.807, 2.05) is 0 Å². The van der Waals surface area contributed by atoms with Crippen LogP contribution < -0.4 is 9.46 Å². The third-order valence-corrected chi connectivity index (χ3v) is 7.73. The van der Waals surface area contributed by atoms with E-state index in [1.165, 1.54) is 6.08 Å². The molecule has 14 heteroatoms. The SMILES string of the molecule is C=CCO[C@H]1[C@H](O)[C@@H](CNS(=O)(=O)c2cccc(C(F)(F)F)c2)O[C@@H](Oc2ccc(I)cc2)[C@@H]1OC(=O)CC. The van der Waals surface area contributed by atoms with E-state index >= 15 is 0 Å². The molecule has 1 aliphatic heterocycles. The number of alkyl halides is 3. The minimum Gasteiger partial charge on any atom is -0.461 e. The van der Waals surface area contributed by atoms with E-state index in [9.17, 15) is 31.5 Å². The van der Waals surface area contributed by atoms with Gasteiger partial charge < -0.3 is 24.1 Å². The van der Waals surface area contributed by atoms with E-state index in [1.54, 1.807) is 31.2 Å². The Kier molecular flexibility index (Phi) is 10.8. The fourth-order valence-corrected chi connectivity index (χ4v) is 5.10. The summed E-state index contributed by atoms with van der Waals surface area (Å²) in [6.07, 6.45) is -9.95. The summed E-state index contributed by atoms with van der Waals surface area (Å²) in [7, 11) is -4.44. The molecule has 0 bridgehead atoms. The van der Waals surface area contributed by atoms with Crippen molar-refractivity contribution in [3.8, 4) is 5.75 Å². The molecule has 214 valence electrons. The average molecular weight is 685 g/mol. The van der Waals surface area contributed by atoms with Crippen LogP contribution in [0.2, 0.25) is 0 Å². The van der Waals surface area contributed by atoms with Crippen LogP contribution in [-0.4, -0.2) is 63.4 Å². The highest BCUT2D eigenvalue weighted by Gasteiger charge is 2.49. The molecule has 0 aliphatic carbocycles. The molecule has 1 heterocycles. The number of carbonyl (C=O) groups is 1. The lowest BCUT2D eigenvalue weighted by molar-refractivity contribution is -0.282. The van der Waals surface area contributed by atoms with Crippen molar-refractivity contribution < 1.29 is 50.4 Å². The van der Waals surface area contributed by atoms with E-state index < -0.39 is 69.9 Å². The predicted molar refractivity (Wildman–Crippen MR) is 141 cm³/mol. The Morgan fingerprint density at radius 1 is 1.21 bits per heavy atom. The van der Waals surface area contributed by atoms with Gasteiger partial charge in [0.25, 0.3) is 0 Å². The van der Waals surface area contributed by atoms with Crippen LogP contribution >= 0.6 is 22.6 Å². The van der Waals surface area contributed by atoms with Crippen molar-refractivity contribution in [1.82, 2.24) is 4.72 Å². The zero-order valence-electron chi connectivity index (χ0n) is 20.6. The van der Waals surface area contributed by atoms with Crippen LogP contribution in [-0.2, 0) is 35.2 Å². The van der Waals surface area contributed by atoms with Gasteiger partial charge in [-0.15, -0.1) is 6.58 Å². The lowest BCUT2D eigenvalue weighted by Gasteiger charge is -2.43. The Morgan fingerprint density at radius 2 is 1.90 bits per heavy atom. The van der Waals surface area contributed by atoms with Crippen LogP contribution in [0, 0.1) is 3.57 Å². The van der Waals surface area contributed by atoms with Crippen LogP contribution in [0.15, 0.2) is 66.1 Å². The fraction of sp³-hybridized carbons (Fsp3) is 0.400. The van der Waals surface area contributed by atoms with E-state index in [0.717, 1.165) is 21.8 Å². The molecule has 9 nitrogen and oxygen atoms in total. The first-order chi connectivity index (χ1) is 18.4. The first-order valence-electron chi connectivity index (χ1n) is 11.7. The lowest BCUT2D eigenvalue weighted by atomic mass is 9.98. The van der Waals surface area contributed by atoms with Gasteiger partial charge in [-0.2, -0.15) is 13.2 Å². The van der Waals surface area contributed by atoms with Gasteiger partial charge in [0.15, 0.2) is 6.10 Å². The molecule has 2 aromatic carbocycles. The van der Waals surface area contributed by atoms with Gasteiger partial charge in [0.1, 0.15) is 24.1 Å². The van der Waals surface area contributed by atoms with E-state index in [4.69, 9.17) is 18.9 Å². The molecule has 5 atom stereocenters. The standard InChI is InChI=1S/C25H27F3INO8S/c1-3-12-35-22-21(32)19(14-30-39(33,34)18-7-5-6-15(13-18)25(26,27)28)37-24(23(22)38-20(31)4-2)36-17-10-8-16(29)9-11-17/h3,5-11,13,19,21-24,30,32H,1,4,12,14H2,2H3/t19-,21-,22+,23-,24-/m1/s1. The second-order valence-corrected chi connectivity index (χ2v) is 11.4. The maximum atomic E-state index is 13.1. The molecule has 1 aliphatic rings. The molecular weight excluding hydrogens is 658 g/mol. The molecule has 2 aromatic rings. The van der Waals surface area contributed by atoms with Crippen molar-refractivity contribution in [3.05, 3.63) is 70.3 Å². The number of hydrogen-bond acceptors (Lipinski definition) is 8. The van der Waals surface area contributed by atoms with Crippen molar-refractivity contribution in [1.29, 1.82) is 0 Å². The number of benzene rings is 2. The highest BCUT2D eigenvalue weighted by Crippen LogP contribution is 2.31. The smallest absolute Gasteiger partial charge is 0.416 e. The molecule has 0 radical (unpaired) electrons. The normalized spacial score (nSPS) is 23.7. The van der Waals surface area contributed by atoms with E-state index in [2.05, 4.69) is 33.9 Å². The largest absolute Gasteiger partial charge is 0.461 e. The van der Waals surface area contributed by atoms with Gasteiger partial charge in [-0.05, 0) is 65.1 Å². The molecule has 0 unspecified atom stereocenters. The second kappa shape index (κ2) is 13.4. The number of hydrogen-bond donors (Lipinski definition) is 2. The number of halogens is 4. The summed E-state index contributed by atoms with van der Waals surface area (Å²) in [5.74, 6) is -0.289. The Bertz CT molecular complexity index is 1240. The molecule has 2 N–H and O–H groups in total. The Labute approximate surface area is 237 Å². The fourth-order valence-electron chi connectivity index (χ4n) is 3.65. The van der Waals surface area contributed by atoms with Gasteiger partial charge in [0, 0.05) is 16.5 Å². The number of nitrogens with one attached hydrogen (secondary N) is 1. The summed E-state index contributed by atoms with van der Waals surface area (Å²) in [5.41, 5.74) is -1.14. The molecular formula is C25H27F3INO8S. The lowest BCUT2D eigenvalue weighted by Crippen LogP contribution is -2.63. The van der Waals surface area contributed by atoms with Crippen LogP contribution in [0.25, 0.3) is 0 Å². The number of sulfonamides is 1. The quantitative estimate of drug-likeness (QED) is 0.209. The van der Waals surface area contributed by atoms with Gasteiger partial charge in [0.2, 0.25) is 16.3 Å². The van der Waals surface area contributed by atoms with E-state index in [-0.39, 0.29) is 13.0 Å². The van der Waals surface area contributed by atoms with Crippen molar-refractivity contribution in [2.24, 2.45) is 0 Å². The Balaban J connectivity index is 1.87. The number of aliphatic hydroxyl groups is 1. The second-order valence-electron chi connectivity index (χ2n) is 8.38. The zero-order chi connectivity index (χ0) is 28.8. The molecule has 0 aromatic heterocycles. The summed E-state index contributed by atoms with van der Waals surface area (Å²) in [6, 6.07) is 10.0. The maximum absolute atomic E-state index is 13.1. The summed E-state index contributed by atoms with van der Waals surface area (Å²) in [6.45, 7) is 4.52. The van der Waals surface area contributed by atoms with Gasteiger partial charge in [-0.3, -0.25) is 4.79 Å². The highest BCUT2D eigenvalue weighted by molar-refractivity contribution is 14.1. The predicted octanol–water partition coefficient (Wildman–Crippen LogP) is 3.65. The zero-order valence-corrected chi connectivity index (χ0v) is 23.6. The van der Waals surface area contributed by atoms with Crippen molar-refractivity contribution in [2.45, 2.75) is 55.1 Å². The first kappa shape index (κ1) is 31.3. The van der Waals surface area contributed by atoms with E-state index in [0.29, 0.717) is 11.8 Å². The molecule has 0 saturated carbocycles. The number of rotatable bonds is 11. The maximum Gasteiger partial charge on any atom is 0.416 e. The summed E-state index contributed by atoms with van der Waals surface area (Å²) in [4.78, 5) is 11.6. The average Bonchev–Trinajstić information content (AvgIpc) is 2.89. The first-order valence-corrected chi connectivity index (χ1v) is 14.3. The summed E-state index contributed by atoms with van der Waals surface area (Å²) < 4.78 is 90.9. The molecule has 39 heavy (non-hydrogen) atoms. The Morgan fingerprint density at radius 3 is 2.51 bits per heavy atom. The molecule has 3 rings (SSSR count). The summed E-state index contributed by atoms with van der Waals surface area (Å²) in [5, 5.41) is 11.0. The van der Waals surface area contributed by atoms with Crippen molar-refractivity contribution >= 4 is 38.6 Å². The topological polar surface area (TPSA) is 120 Å². The number of ether oxygens (including phenoxy) is 4. The van der Waals surface area contributed by atoms with Crippen LogP contribution in [0.1, 0.15) is 18.9 Å². The molecule has 0 amide bonds. The van der Waals surface area contributed by atoms with Gasteiger partial charge >= 0.3 is 12.1 Å². The number of aliphatic hydroxyl groups excluding tert-OH is 1. The Hall–Kier alpha value is -2.24.